The lowest BCUT2D eigenvalue weighted by Crippen LogP contribution is -2.36. The van der Waals surface area contributed by atoms with Crippen molar-refractivity contribution in [2.45, 2.75) is 45.9 Å². The Labute approximate surface area is 164 Å². The predicted molar refractivity (Wildman–Crippen MR) is 110 cm³/mol. The highest BCUT2D eigenvalue weighted by Gasteiger charge is 2.20. The fraction of sp³-hybridized carbons (Fsp3) is 0.429. The second-order valence-electron chi connectivity index (χ2n) is 7.55. The number of anilines is 1. The molecular weight excluding hydrogens is 354 g/mol. The number of hydrogen-bond donors (Lipinski definition) is 4. The first-order valence-electron chi connectivity index (χ1n) is 9.78. The van der Waals surface area contributed by atoms with Crippen molar-refractivity contribution >= 4 is 17.0 Å². The zero-order valence-electron chi connectivity index (χ0n) is 16.4. The first kappa shape index (κ1) is 18.7. The van der Waals surface area contributed by atoms with Crippen LogP contribution in [0.5, 0.6) is 5.75 Å². The fourth-order valence-corrected chi connectivity index (χ4v) is 3.85. The first-order valence-corrected chi connectivity index (χ1v) is 9.78. The molecule has 1 aliphatic heterocycles. The Morgan fingerprint density at radius 1 is 1.18 bits per heavy atom. The van der Waals surface area contributed by atoms with Gasteiger partial charge in [-0.25, -0.2) is 4.98 Å². The highest BCUT2D eigenvalue weighted by atomic mass is 16.3. The molecule has 148 valence electrons. The maximum atomic E-state index is 10.3. The predicted octanol–water partition coefficient (Wildman–Crippen LogP) is 2.46. The van der Waals surface area contributed by atoms with Crippen molar-refractivity contribution in [1.82, 2.24) is 19.9 Å². The molecule has 0 unspecified atom stereocenters. The normalized spacial score (nSPS) is 15.2. The van der Waals surface area contributed by atoms with E-state index in [1.54, 1.807) is 12.1 Å². The number of aromatic nitrogens is 3. The molecule has 0 bridgehead atoms. The van der Waals surface area contributed by atoms with Gasteiger partial charge in [0, 0.05) is 11.7 Å². The molecule has 0 amide bonds. The van der Waals surface area contributed by atoms with Crippen LogP contribution in [0.2, 0.25) is 0 Å². The topological polar surface area (TPSA) is 95.2 Å². The van der Waals surface area contributed by atoms with Gasteiger partial charge >= 0.3 is 0 Å². The lowest BCUT2D eigenvalue weighted by atomic mass is 10.1. The Hall–Kier alpha value is -2.64. The monoisotopic (exact) mass is 381 g/mol. The number of hydrogen-bond acceptors (Lipinski definition) is 6. The van der Waals surface area contributed by atoms with Gasteiger partial charge in [0.05, 0.1) is 24.2 Å². The van der Waals surface area contributed by atoms with E-state index in [1.165, 1.54) is 0 Å². The number of aliphatic hydroxyl groups excluding tert-OH is 1. The molecule has 0 radical (unpaired) electrons. The van der Waals surface area contributed by atoms with Crippen molar-refractivity contribution in [2.75, 3.05) is 18.4 Å². The molecule has 2 aromatic heterocycles. The lowest BCUT2D eigenvalue weighted by molar-refractivity contribution is 0.282. The van der Waals surface area contributed by atoms with Gasteiger partial charge in [-0.2, -0.15) is 0 Å². The number of imidazole rings is 1. The van der Waals surface area contributed by atoms with Gasteiger partial charge in [0.1, 0.15) is 11.4 Å². The van der Waals surface area contributed by atoms with Gasteiger partial charge in [-0.15, -0.1) is 0 Å². The minimum Gasteiger partial charge on any atom is -0.506 e. The molecule has 28 heavy (non-hydrogen) atoms. The number of aryl methyl sites for hydroxylation is 2. The molecule has 1 saturated heterocycles. The van der Waals surface area contributed by atoms with E-state index in [4.69, 9.17) is 4.98 Å². The average molecular weight is 381 g/mol. The van der Waals surface area contributed by atoms with Crippen LogP contribution in [0.15, 0.2) is 24.3 Å². The molecule has 1 aliphatic rings. The third-order valence-corrected chi connectivity index (χ3v) is 5.36. The van der Waals surface area contributed by atoms with Gasteiger partial charge in [-0.1, -0.05) is 6.07 Å². The zero-order chi connectivity index (χ0) is 19.7. The Bertz CT molecular complexity index is 992. The minimum absolute atomic E-state index is 0.0209. The first-order chi connectivity index (χ1) is 13.5. The Morgan fingerprint density at radius 3 is 2.71 bits per heavy atom. The summed E-state index contributed by atoms with van der Waals surface area (Å²) in [5.74, 6) is 0.957. The SMILES string of the molecule is Cc1ccc(O)c(Cn2c(NC3CCNCC3)nc3c(C)cc(CO)cc32)n1. The maximum Gasteiger partial charge on any atom is 0.204 e. The van der Waals surface area contributed by atoms with Gasteiger partial charge in [0.25, 0.3) is 0 Å². The molecule has 3 heterocycles. The number of nitrogens with zero attached hydrogens (tertiary/aromatic N) is 3. The van der Waals surface area contributed by atoms with Gasteiger partial charge in [0.15, 0.2) is 0 Å². The largest absolute Gasteiger partial charge is 0.506 e. The van der Waals surface area contributed by atoms with Gasteiger partial charge in [-0.3, -0.25) is 4.98 Å². The summed E-state index contributed by atoms with van der Waals surface area (Å²) < 4.78 is 2.06. The van der Waals surface area contributed by atoms with E-state index in [9.17, 15) is 10.2 Å². The maximum absolute atomic E-state index is 10.3. The summed E-state index contributed by atoms with van der Waals surface area (Å²) in [6.07, 6.45) is 2.08. The van der Waals surface area contributed by atoms with E-state index < -0.39 is 0 Å². The fourth-order valence-electron chi connectivity index (χ4n) is 3.85. The third kappa shape index (κ3) is 3.68. The summed E-state index contributed by atoms with van der Waals surface area (Å²) in [6.45, 7) is 6.29. The zero-order valence-corrected chi connectivity index (χ0v) is 16.4. The van der Waals surface area contributed by atoms with E-state index in [0.717, 1.165) is 59.7 Å². The van der Waals surface area contributed by atoms with Crippen LogP contribution in [0.1, 0.15) is 35.4 Å². The van der Waals surface area contributed by atoms with Crippen LogP contribution in [-0.2, 0) is 13.2 Å². The van der Waals surface area contributed by atoms with Crippen LogP contribution < -0.4 is 10.6 Å². The van der Waals surface area contributed by atoms with Crippen molar-refractivity contribution < 1.29 is 10.2 Å². The van der Waals surface area contributed by atoms with E-state index in [0.29, 0.717) is 18.3 Å². The molecule has 0 saturated carbocycles. The molecule has 0 aliphatic carbocycles. The second-order valence-corrected chi connectivity index (χ2v) is 7.55. The van der Waals surface area contributed by atoms with Crippen LogP contribution in [-0.4, -0.2) is 43.9 Å². The molecule has 7 nitrogen and oxygen atoms in total. The number of fused-ring (bicyclic) bond motifs is 1. The lowest BCUT2D eigenvalue weighted by Gasteiger charge is -2.24. The molecule has 1 fully saturated rings. The van der Waals surface area contributed by atoms with Gasteiger partial charge in [0.2, 0.25) is 5.95 Å². The van der Waals surface area contributed by atoms with E-state index in [1.807, 2.05) is 26.0 Å². The molecule has 1 aromatic carbocycles. The smallest absolute Gasteiger partial charge is 0.204 e. The summed E-state index contributed by atoms with van der Waals surface area (Å²) >= 11 is 0. The Balaban J connectivity index is 1.80. The molecule has 4 N–H and O–H groups in total. The van der Waals surface area contributed by atoms with E-state index in [-0.39, 0.29) is 12.4 Å². The van der Waals surface area contributed by atoms with E-state index >= 15 is 0 Å². The van der Waals surface area contributed by atoms with E-state index in [2.05, 4.69) is 20.2 Å². The van der Waals surface area contributed by atoms with Crippen molar-refractivity contribution in [3.63, 3.8) is 0 Å². The van der Waals surface area contributed by atoms with Gasteiger partial charge in [-0.05, 0) is 69.1 Å². The highest BCUT2D eigenvalue weighted by Crippen LogP contribution is 2.28. The number of aliphatic hydroxyl groups is 1. The molecule has 7 heteroatoms. The number of pyridine rings is 1. The van der Waals surface area contributed by atoms with Crippen LogP contribution in [0, 0.1) is 13.8 Å². The number of nitrogens with one attached hydrogen (secondary N) is 2. The summed E-state index contributed by atoms with van der Waals surface area (Å²) in [6, 6.07) is 7.77. The van der Waals surface area contributed by atoms with Crippen LogP contribution in [0.4, 0.5) is 5.95 Å². The molecule has 0 spiro atoms. The molecular formula is C21H27N5O2. The van der Waals surface area contributed by atoms with Crippen molar-refractivity contribution in [2.24, 2.45) is 0 Å². The number of aromatic hydroxyl groups is 1. The molecule has 0 atom stereocenters. The van der Waals surface area contributed by atoms with Crippen LogP contribution >= 0.6 is 0 Å². The Morgan fingerprint density at radius 2 is 1.96 bits per heavy atom. The third-order valence-electron chi connectivity index (χ3n) is 5.36. The number of benzene rings is 1. The minimum atomic E-state index is -0.0209. The standard InChI is InChI=1S/C21H27N5O2/c1-13-9-15(12-27)10-18-20(13)25-21(24-16-5-7-22-8-6-16)26(18)11-17-19(28)4-3-14(2)23-17/h3-4,9-10,16,22,27-28H,5-8,11-12H2,1-2H3,(H,24,25). The molecule has 4 rings (SSSR count). The summed E-state index contributed by atoms with van der Waals surface area (Å²) in [4.78, 5) is 9.39. The van der Waals surface area contributed by atoms with Crippen molar-refractivity contribution in [1.29, 1.82) is 0 Å². The number of rotatable bonds is 5. The van der Waals surface area contributed by atoms with Crippen LogP contribution in [0.25, 0.3) is 11.0 Å². The summed E-state index contributed by atoms with van der Waals surface area (Å²) in [5, 5.41) is 26.9. The quantitative estimate of drug-likeness (QED) is 0.542. The summed E-state index contributed by atoms with van der Waals surface area (Å²) in [5.41, 5.74) is 5.18. The van der Waals surface area contributed by atoms with Crippen molar-refractivity contribution in [3.8, 4) is 5.75 Å². The van der Waals surface area contributed by atoms with Crippen molar-refractivity contribution in [3.05, 3.63) is 46.8 Å². The molecule has 3 aromatic rings. The Kier molecular flexibility index (Phi) is 5.19. The van der Waals surface area contributed by atoms with Crippen LogP contribution in [0.3, 0.4) is 0 Å². The highest BCUT2D eigenvalue weighted by molar-refractivity contribution is 5.83. The average Bonchev–Trinajstić information content (AvgIpc) is 3.03. The summed E-state index contributed by atoms with van der Waals surface area (Å²) in [7, 11) is 0. The second kappa shape index (κ2) is 7.77. The van der Waals surface area contributed by atoms with Gasteiger partial charge < -0.3 is 25.4 Å². The number of piperidine rings is 1.